The summed E-state index contributed by atoms with van der Waals surface area (Å²) in [5, 5.41) is 2.98. The molecule has 7 nitrogen and oxygen atoms in total. The van der Waals surface area contributed by atoms with Crippen LogP contribution in [0.25, 0.3) is 0 Å². The van der Waals surface area contributed by atoms with Gasteiger partial charge in [0.1, 0.15) is 6.61 Å². The van der Waals surface area contributed by atoms with Gasteiger partial charge in [0.25, 0.3) is 0 Å². The Labute approximate surface area is 126 Å². The molecule has 1 spiro atoms. The number of nitrogens with one attached hydrogen (secondary N) is 1. The summed E-state index contributed by atoms with van der Waals surface area (Å²) in [6, 6.07) is -0.0735. The summed E-state index contributed by atoms with van der Waals surface area (Å²) in [6.07, 6.45) is 3.60. The summed E-state index contributed by atoms with van der Waals surface area (Å²) < 4.78 is 35.1. The molecule has 2 fully saturated rings. The van der Waals surface area contributed by atoms with E-state index in [1.807, 2.05) is 0 Å². The van der Waals surface area contributed by atoms with Crippen molar-refractivity contribution in [2.75, 3.05) is 46.3 Å². The van der Waals surface area contributed by atoms with E-state index < -0.39 is 10.0 Å². The Morgan fingerprint density at radius 2 is 2.05 bits per heavy atom. The lowest BCUT2D eigenvalue weighted by molar-refractivity contribution is -0.129. The number of nitrogens with zero attached hydrogens (tertiary/aromatic N) is 1. The number of carbonyl (C=O) groups excluding carboxylic acids is 1. The van der Waals surface area contributed by atoms with Gasteiger partial charge < -0.3 is 14.8 Å². The summed E-state index contributed by atoms with van der Waals surface area (Å²) >= 11 is 0. The van der Waals surface area contributed by atoms with Crippen molar-refractivity contribution in [3.8, 4) is 0 Å². The number of hydrogen-bond donors (Lipinski definition) is 1. The molecular weight excluding hydrogens is 296 g/mol. The maximum Gasteiger partial charge on any atom is 0.246 e. The molecule has 21 heavy (non-hydrogen) atoms. The van der Waals surface area contributed by atoms with Crippen LogP contribution in [0.2, 0.25) is 0 Å². The summed E-state index contributed by atoms with van der Waals surface area (Å²) in [5.74, 6) is -0.155. The molecule has 1 atom stereocenters. The van der Waals surface area contributed by atoms with E-state index in [2.05, 4.69) is 5.32 Å². The molecule has 0 aromatic rings. The SMILES string of the molecule is COCC(=O)N[C@H]1COCCC12CCN(S(C)(=O)=O)CC2. The average molecular weight is 320 g/mol. The molecule has 2 saturated heterocycles. The fraction of sp³-hybridized carbons (Fsp3) is 0.923. The normalized spacial score (nSPS) is 26.7. The van der Waals surface area contributed by atoms with Crippen molar-refractivity contribution < 1.29 is 22.7 Å². The highest BCUT2D eigenvalue weighted by Gasteiger charge is 2.45. The number of sulfonamides is 1. The van der Waals surface area contributed by atoms with Crippen molar-refractivity contribution >= 4 is 15.9 Å². The van der Waals surface area contributed by atoms with Gasteiger partial charge in [-0.3, -0.25) is 4.79 Å². The van der Waals surface area contributed by atoms with Crippen LogP contribution in [0.4, 0.5) is 0 Å². The van der Waals surface area contributed by atoms with Crippen LogP contribution in [0.15, 0.2) is 0 Å². The van der Waals surface area contributed by atoms with Crippen LogP contribution in [0.5, 0.6) is 0 Å². The molecule has 2 heterocycles. The van der Waals surface area contributed by atoms with Crippen molar-refractivity contribution in [2.24, 2.45) is 5.41 Å². The zero-order chi connectivity index (χ0) is 15.5. The second kappa shape index (κ2) is 6.60. The van der Waals surface area contributed by atoms with Gasteiger partial charge in [0.05, 0.1) is 18.9 Å². The monoisotopic (exact) mass is 320 g/mol. The van der Waals surface area contributed by atoms with Crippen LogP contribution >= 0.6 is 0 Å². The Morgan fingerprint density at radius 1 is 1.38 bits per heavy atom. The summed E-state index contributed by atoms with van der Waals surface area (Å²) in [4.78, 5) is 11.8. The largest absolute Gasteiger partial charge is 0.379 e. The zero-order valence-electron chi connectivity index (χ0n) is 12.6. The Hall–Kier alpha value is -0.700. The number of hydrogen-bond acceptors (Lipinski definition) is 5. The van der Waals surface area contributed by atoms with Crippen LogP contribution in [0.3, 0.4) is 0 Å². The van der Waals surface area contributed by atoms with E-state index in [4.69, 9.17) is 9.47 Å². The summed E-state index contributed by atoms with van der Waals surface area (Å²) in [7, 11) is -1.65. The maximum atomic E-state index is 11.8. The smallest absolute Gasteiger partial charge is 0.246 e. The van der Waals surface area contributed by atoms with Gasteiger partial charge in [-0.25, -0.2) is 12.7 Å². The highest BCUT2D eigenvalue weighted by atomic mass is 32.2. The van der Waals surface area contributed by atoms with Crippen molar-refractivity contribution in [1.82, 2.24) is 9.62 Å². The molecule has 2 rings (SSSR count). The van der Waals surface area contributed by atoms with Gasteiger partial charge in [-0.2, -0.15) is 0 Å². The van der Waals surface area contributed by atoms with Gasteiger partial charge in [0, 0.05) is 26.8 Å². The van der Waals surface area contributed by atoms with E-state index >= 15 is 0 Å². The molecule has 0 unspecified atom stereocenters. The number of rotatable bonds is 4. The minimum Gasteiger partial charge on any atom is -0.379 e. The van der Waals surface area contributed by atoms with Crippen LogP contribution in [0.1, 0.15) is 19.3 Å². The third-order valence-corrected chi connectivity index (χ3v) is 5.87. The second-order valence-corrected chi connectivity index (χ2v) is 7.88. The van der Waals surface area contributed by atoms with Crippen molar-refractivity contribution in [2.45, 2.75) is 25.3 Å². The lowest BCUT2D eigenvalue weighted by Crippen LogP contribution is -2.58. The first-order valence-electron chi connectivity index (χ1n) is 7.18. The zero-order valence-corrected chi connectivity index (χ0v) is 13.4. The molecule has 122 valence electrons. The molecule has 8 heteroatoms. The van der Waals surface area contributed by atoms with E-state index in [1.54, 1.807) is 0 Å². The molecule has 1 N–H and O–H groups in total. The lowest BCUT2D eigenvalue weighted by Gasteiger charge is -2.48. The molecule has 2 aliphatic rings. The van der Waals surface area contributed by atoms with E-state index in [-0.39, 0.29) is 24.0 Å². The summed E-state index contributed by atoms with van der Waals surface area (Å²) in [5.41, 5.74) is -0.0666. The minimum absolute atomic E-state index is 0.0298. The molecule has 0 bridgehead atoms. The second-order valence-electron chi connectivity index (χ2n) is 5.90. The van der Waals surface area contributed by atoms with Crippen molar-refractivity contribution in [3.63, 3.8) is 0 Å². The van der Waals surface area contributed by atoms with Crippen molar-refractivity contribution in [3.05, 3.63) is 0 Å². The molecule has 0 saturated carbocycles. The first kappa shape index (κ1) is 16.7. The predicted molar refractivity (Wildman–Crippen MR) is 77.3 cm³/mol. The Morgan fingerprint density at radius 3 is 2.62 bits per heavy atom. The van der Waals surface area contributed by atoms with Gasteiger partial charge in [-0.15, -0.1) is 0 Å². The fourth-order valence-corrected chi connectivity index (χ4v) is 4.10. The quantitative estimate of drug-likeness (QED) is 0.760. The molecule has 0 aromatic heterocycles. The standard InChI is InChI=1S/C13H24N2O5S/c1-19-10-12(16)14-11-9-20-8-5-13(11)3-6-15(7-4-13)21(2,17)18/h11H,3-10H2,1-2H3,(H,14,16)/t11-/m0/s1. The number of piperidine rings is 1. The van der Waals surface area contributed by atoms with Gasteiger partial charge in [0.2, 0.25) is 15.9 Å². The Kier molecular flexibility index (Phi) is 5.24. The third-order valence-electron chi connectivity index (χ3n) is 4.57. The average Bonchev–Trinajstić information content (AvgIpc) is 2.41. The lowest BCUT2D eigenvalue weighted by atomic mass is 9.69. The van der Waals surface area contributed by atoms with Gasteiger partial charge >= 0.3 is 0 Å². The van der Waals surface area contributed by atoms with E-state index in [9.17, 15) is 13.2 Å². The molecule has 1 amide bonds. The highest BCUT2D eigenvalue weighted by Crippen LogP contribution is 2.41. The number of ether oxygens (including phenoxy) is 2. The van der Waals surface area contributed by atoms with Crippen LogP contribution in [-0.2, 0) is 24.3 Å². The topological polar surface area (TPSA) is 84.9 Å². The first-order valence-corrected chi connectivity index (χ1v) is 9.03. The predicted octanol–water partition coefficient (Wildman–Crippen LogP) is -0.420. The van der Waals surface area contributed by atoms with Crippen LogP contribution < -0.4 is 5.32 Å². The number of methoxy groups -OCH3 is 1. The third kappa shape index (κ3) is 3.94. The number of amides is 1. The van der Waals surface area contributed by atoms with Crippen LogP contribution in [0, 0.1) is 5.41 Å². The molecule has 0 aromatic carbocycles. The van der Waals surface area contributed by atoms with E-state index in [0.29, 0.717) is 26.3 Å². The van der Waals surface area contributed by atoms with Crippen molar-refractivity contribution in [1.29, 1.82) is 0 Å². The van der Waals surface area contributed by atoms with E-state index in [0.717, 1.165) is 19.3 Å². The maximum absolute atomic E-state index is 11.8. The molecule has 0 radical (unpaired) electrons. The Balaban J connectivity index is 2.03. The molecule has 0 aliphatic carbocycles. The highest BCUT2D eigenvalue weighted by molar-refractivity contribution is 7.88. The van der Waals surface area contributed by atoms with Gasteiger partial charge in [-0.1, -0.05) is 0 Å². The fourth-order valence-electron chi connectivity index (χ4n) is 3.25. The van der Waals surface area contributed by atoms with E-state index in [1.165, 1.54) is 17.7 Å². The molecular formula is C13H24N2O5S. The van der Waals surface area contributed by atoms with Gasteiger partial charge in [0.15, 0.2) is 0 Å². The van der Waals surface area contributed by atoms with Gasteiger partial charge in [-0.05, 0) is 24.7 Å². The first-order chi connectivity index (χ1) is 9.87. The summed E-state index contributed by atoms with van der Waals surface area (Å²) in [6.45, 7) is 2.19. The Bertz CT molecular complexity index is 471. The minimum atomic E-state index is -3.14. The molecule has 2 aliphatic heterocycles. The van der Waals surface area contributed by atoms with Crippen LogP contribution in [-0.4, -0.2) is 70.9 Å². The number of carbonyl (C=O) groups is 1.